The first-order chi connectivity index (χ1) is 6.27. The van der Waals surface area contributed by atoms with Gasteiger partial charge in [0.25, 0.3) is 0 Å². The molecule has 0 N–H and O–H groups in total. The summed E-state index contributed by atoms with van der Waals surface area (Å²) in [6.45, 7) is 10.3. The van der Waals surface area contributed by atoms with Gasteiger partial charge in [0, 0.05) is 10.7 Å². The number of halogens is 1. The SMILES string of the molecule is CC(C)(CBr)c1nnn(C(C)(C)C)n1. The third-order valence-corrected chi connectivity index (χ3v) is 3.35. The molecule has 0 amide bonds. The highest BCUT2D eigenvalue weighted by Crippen LogP contribution is 2.22. The smallest absolute Gasteiger partial charge is 0.159 e. The molecule has 0 aliphatic carbocycles. The van der Waals surface area contributed by atoms with Crippen molar-refractivity contribution in [2.45, 2.75) is 45.6 Å². The fraction of sp³-hybridized carbons (Fsp3) is 0.889. The lowest BCUT2D eigenvalue weighted by atomic mass is 9.96. The van der Waals surface area contributed by atoms with E-state index in [0.29, 0.717) is 0 Å². The molecular formula is C9H17BrN4. The molecule has 0 saturated carbocycles. The summed E-state index contributed by atoms with van der Waals surface area (Å²) in [4.78, 5) is 1.66. The Labute approximate surface area is 93.2 Å². The predicted octanol–water partition coefficient (Wildman–Crippen LogP) is 2.10. The topological polar surface area (TPSA) is 43.6 Å². The van der Waals surface area contributed by atoms with E-state index in [1.54, 1.807) is 4.80 Å². The number of hydrogen-bond donors (Lipinski definition) is 0. The van der Waals surface area contributed by atoms with Crippen molar-refractivity contribution < 1.29 is 0 Å². The number of tetrazole rings is 1. The number of nitrogens with zero attached hydrogens (tertiary/aromatic N) is 4. The van der Waals surface area contributed by atoms with Crippen molar-refractivity contribution in [1.29, 1.82) is 0 Å². The molecule has 0 saturated heterocycles. The summed E-state index contributed by atoms with van der Waals surface area (Å²) >= 11 is 3.45. The Bertz CT molecular complexity index is 311. The summed E-state index contributed by atoms with van der Waals surface area (Å²) < 4.78 is 0. The normalized spacial score (nSPS) is 13.3. The molecule has 0 atom stereocenters. The first-order valence-electron chi connectivity index (χ1n) is 4.64. The Morgan fingerprint density at radius 3 is 2.14 bits per heavy atom. The van der Waals surface area contributed by atoms with Gasteiger partial charge in [-0.15, -0.1) is 10.2 Å². The molecule has 5 heteroatoms. The van der Waals surface area contributed by atoms with E-state index in [1.807, 2.05) is 0 Å². The highest BCUT2D eigenvalue weighted by molar-refractivity contribution is 9.09. The maximum Gasteiger partial charge on any atom is 0.181 e. The van der Waals surface area contributed by atoms with Crippen LogP contribution in [0.5, 0.6) is 0 Å². The molecule has 0 aromatic carbocycles. The van der Waals surface area contributed by atoms with E-state index in [4.69, 9.17) is 0 Å². The van der Waals surface area contributed by atoms with E-state index in [9.17, 15) is 0 Å². The molecular weight excluding hydrogens is 244 g/mol. The van der Waals surface area contributed by atoms with E-state index in [-0.39, 0.29) is 11.0 Å². The van der Waals surface area contributed by atoms with Crippen LogP contribution in [0.1, 0.15) is 40.4 Å². The van der Waals surface area contributed by atoms with Crippen LogP contribution >= 0.6 is 15.9 Å². The van der Waals surface area contributed by atoms with Crippen LogP contribution in [0.3, 0.4) is 0 Å². The van der Waals surface area contributed by atoms with Gasteiger partial charge >= 0.3 is 0 Å². The largest absolute Gasteiger partial charge is 0.181 e. The van der Waals surface area contributed by atoms with Gasteiger partial charge in [0.15, 0.2) is 5.82 Å². The number of alkyl halides is 1. The minimum absolute atomic E-state index is 0.0660. The quantitative estimate of drug-likeness (QED) is 0.766. The Hall–Kier alpha value is -0.450. The van der Waals surface area contributed by atoms with Crippen LogP contribution in [0.4, 0.5) is 0 Å². The summed E-state index contributed by atoms with van der Waals surface area (Å²) in [7, 11) is 0. The van der Waals surface area contributed by atoms with Crippen molar-refractivity contribution >= 4 is 15.9 Å². The molecule has 0 fully saturated rings. The Balaban J connectivity index is 3.00. The highest BCUT2D eigenvalue weighted by Gasteiger charge is 2.27. The second-order valence-electron chi connectivity index (χ2n) is 5.09. The van der Waals surface area contributed by atoms with Gasteiger partial charge in [0.1, 0.15) is 0 Å². The van der Waals surface area contributed by atoms with Crippen molar-refractivity contribution in [3.05, 3.63) is 5.82 Å². The van der Waals surface area contributed by atoms with E-state index in [1.165, 1.54) is 0 Å². The standard InChI is InChI=1S/C9H17BrN4/c1-8(2,3)14-12-7(11-13-14)9(4,5)6-10/h6H2,1-5H3. The van der Waals surface area contributed by atoms with Gasteiger partial charge in [-0.25, -0.2) is 0 Å². The molecule has 0 unspecified atom stereocenters. The van der Waals surface area contributed by atoms with Crippen LogP contribution in [0.2, 0.25) is 0 Å². The molecule has 0 aliphatic heterocycles. The van der Waals surface area contributed by atoms with Gasteiger partial charge in [-0.3, -0.25) is 0 Å². The van der Waals surface area contributed by atoms with Gasteiger partial charge < -0.3 is 0 Å². The average molecular weight is 261 g/mol. The zero-order chi connectivity index (χ0) is 11.0. The van der Waals surface area contributed by atoms with Crippen LogP contribution in [0, 0.1) is 0 Å². The first kappa shape index (κ1) is 11.6. The first-order valence-corrected chi connectivity index (χ1v) is 5.76. The third-order valence-electron chi connectivity index (χ3n) is 1.95. The molecule has 14 heavy (non-hydrogen) atoms. The van der Waals surface area contributed by atoms with E-state index in [2.05, 4.69) is 66.0 Å². The molecule has 0 aliphatic rings. The Kier molecular flexibility index (Phi) is 2.99. The van der Waals surface area contributed by atoms with E-state index >= 15 is 0 Å². The van der Waals surface area contributed by atoms with E-state index in [0.717, 1.165) is 11.2 Å². The maximum absolute atomic E-state index is 4.39. The zero-order valence-corrected chi connectivity index (χ0v) is 11.0. The van der Waals surface area contributed by atoms with Crippen molar-refractivity contribution in [3.8, 4) is 0 Å². The summed E-state index contributed by atoms with van der Waals surface area (Å²) in [5.74, 6) is 0.782. The van der Waals surface area contributed by atoms with Crippen LogP contribution < -0.4 is 0 Å². The highest BCUT2D eigenvalue weighted by atomic mass is 79.9. The van der Waals surface area contributed by atoms with Crippen molar-refractivity contribution in [2.75, 3.05) is 5.33 Å². The summed E-state index contributed by atoms with van der Waals surface area (Å²) in [6, 6.07) is 0. The second kappa shape index (κ2) is 3.61. The van der Waals surface area contributed by atoms with Gasteiger partial charge in [0.05, 0.1) is 5.54 Å². The van der Waals surface area contributed by atoms with Gasteiger partial charge in [-0.1, -0.05) is 29.8 Å². The second-order valence-corrected chi connectivity index (χ2v) is 5.65. The van der Waals surface area contributed by atoms with Gasteiger partial charge in [-0.2, -0.15) is 4.80 Å². The van der Waals surface area contributed by atoms with Crippen LogP contribution in [0.25, 0.3) is 0 Å². The Morgan fingerprint density at radius 1 is 1.21 bits per heavy atom. The Morgan fingerprint density at radius 2 is 1.79 bits per heavy atom. The molecule has 1 aromatic heterocycles. The lowest BCUT2D eigenvalue weighted by molar-refractivity contribution is 0.304. The molecule has 1 aromatic rings. The van der Waals surface area contributed by atoms with Crippen molar-refractivity contribution in [3.63, 3.8) is 0 Å². The number of hydrogen-bond acceptors (Lipinski definition) is 3. The lowest BCUT2D eigenvalue weighted by Gasteiger charge is -2.18. The summed E-state index contributed by atoms with van der Waals surface area (Å²) in [6.07, 6.45) is 0. The lowest BCUT2D eigenvalue weighted by Crippen LogP contribution is -2.26. The fourth-order valence-electron chi connectivity index (χ4n) is 0.829. The molecule has 1 rings (SSSR count). The minimum atomic E-state index is -0.104. The summed E-state index contributed by atoms with van der Waals surface area (Å²) in [5.41, 5.74) is -0.170. The maximum atomic E-state index is 4.39. The van der Waals surface area contributed by atoms with Crippen LogP contribution in [-0.2, 0) is 11.0 Å². The van der Waals surface area contributed by atoms with Crippen molar-refractivity contribution in [2.24, 2.45) is 0 Å². The fourth-order valence-corrected chi connectivity index (χ4v) is 1.08. The van der Waals surface area contributed by atoms with Crippen LogP contribution in [0.15, 0.2) is 0 Å². The minimum Gasteiger partial charge on any atom is -0.159 e. The van der Waals surface area contributed by atoms with Crippen LogP contribution in [-0.4, -0.2) is 25.5 Å². The molecule has 4 nitrogen and oxygen atoms in total. The third kappa shape index (κ3) is 2.32. The average Bonchev–Trinajstić information content (AvgIpc) is 2.51. The van der Waals surface area contributed by atoms with E-state index < -0.39 is 0 Å². The zero-order valence-electron chi connectivity index (χ0n) is 9.37. The number of aromatic nitrogens is 4. The summed E-state index contributed by atoms with van der Waals surface area (Å²) in [5, 5.41) is 13.4. The van der Waals surface area contributed by atoms with Gasteiger partial charge in [-0.05, 0) is 26.0 Å². The molecule has 1 heterocycles. The number of rotatable bonds is 2. The molecule has 80 valence electrons. The predicted molar refractivity (Wildman–Crippen MR) is 59.6 cm³/mol. The monoisotopic (exact) mass is 260 g/mol. The van der Waals surface area contributed by atoms with Gasteiger partial charge in [0.2, 0.25) is 0 Å². The molecule has 0 spiro atoms. The van der Waals surface area contributed by atoms with Crippen molar-refractivity contribution in [1.82, 2.24) is 20.2 Å². The molecule has 0 bridgehead atoms. The molecule has 0 radical (unpaired) electrons.